The molecule has 5 heteroatoms. The molecule has 232 valence electrons. The van der Waals surface area contributed by atoms with Gasteiger partial charge in [-0.2, -0.15) is 0 Å². The number of anilines is 2. The Kier molecular flexibility index (Phi) is 15.9. The number of aryl methyl sites for hydroxylation is 2. The van der Waals surface area contributed by atoms with Crippen molar-refractivity contribution in [3.63, 3.8) is 0 Å². The molecule has 0 bridgehead atoms. The van der Waals surface area contributed by atoms with Crippen LogP contribution in [0.25, 0.3) is 0 Å². The Morgan fingerprint density at radius 2 is 1.07 bits per heavy atom. The van der Waals surface area contributed by atoms with Crippen LogP contribution in [0.1, 0.15) is 116 Å². The third-order valence-electron chi connectivity index (χ3n) is 6.43. The highest BCUT2D eigenvalue weighted by Gasteiger charge is 2.31. The number of nitrogens with zero attached hydrogens (tertiary/aromatic N) is 2. The number of amides is 2. The molecule has 5 nitrogen and oxygen atoms in total. The maximum atomic E-state index is 13.9. The molecular weight excluding hydrogens is 508 g/mol. The summed E-state index contributed by atoms with van der Waals surface area (Å²) in [5.74, 6) is 0.392. The van der Waals surface area contributed by atoms with Crippen molar-refractivity contribution in [2.75, 3.05) is 16.8 Å². The number of allylic oxidation sites excluding steroid dienone is 2. The molecule has 0 aliphatic carbocycles. The summed E-state index contributed by atoms with van der Waals surface area (Å²) in [7, 11) is 1.71. The van der Waals surface area contributed by atoms with Gasteiger partial charge in [0.1, 0.15) is 11.5 Å². The molecule has 0 atom stereocenters. The summed E-state index contributed by atoms with van der Waals surface area (Å²) in [6.45, 7) is 39.0. The highest BCUT2D eigenvalue weighted by molar-refractivity contribution is 6.07. The van der Waals surface area contributed by atoms with Gasteiger partial charge in [-0.15, -0.1) is 6.58 Å². The van der Waals surface area contributed by atoms with E-state index in [1.807, 2.05) is 74.4 Å². The summed E-state index contributed by atoms with van der Waals surface area (Å²) in [5, 5.41) is 22.0. The first kappa shape index (κ1) is 39.9. The van der Waals surface area contributed by atoms with Crippen LogP contribution in [0.4, 0.5) is 16.2 Å². The second-order valence-corrected chi connectivity index (χ2v) is 11.9. The lowest BCUT2D eigenvalue weighted by molar-refractivity contribution is 0.254. The van der Waals surface area contributed by atoms with E-state index in [9.17, 15) is 15.0 Å². The minimum absolute atomic E-state index is 0.189. The Bertz CT molecular complexity index is 1200. The first-order valence-corrected chi connectivity index (χ1v) is 14.7. The van der Waals surface area contributed by atoms with E-state index in [-0.39, 0.29) is 28.4 Å². The lowest BCUT2D eigenvalue weighted by Gasteiger charge is -2.34. The molecular formula is C36H60N2O3. The predicted molar refractivity (Wildman–Crippen MR) is 182 cm³/mol. The van der Waals surface area contributed by atoms with E-state index in [4.69, 9.17) is 0 Å². The molecule has 2 aromatic rings. The number of phenols is 2. The van der Waals surface area contributed by atoms with Crippen molar-refractivity contribution in [3.05, 3.63) is 70.4 Å². The van der Waals surface area contributed by atoms with E-state index < -0.39 is 0 Å². The van der Waals surface area contributed by atoms with E-state index in [1.54, 1.807) is 29.8 Å². The Hall–Kier alpha value is -3.21. The van der Waals surface area contributed by atoms with Gasteiger partial charge >= 0.3 is 6.03 Å². The Morgan fingerprint density at radius 1 is 0.780 bits per heavy atom. The zero-order valence-electron chi connectivity index (χ0n) is 29.3. The summed E-state index contributed by atoms with van der Waals surface area (Å²) in [4.78, 5) is 17.0. The lowest BCUT2D eigenvalue weighted by atomic mass is 9.83. The van der Waals surface area contributed by atoms with Gasteiger partial charge in [-0.1, -0.05) is 81.9 Å². The third-order valence-corrected chi connectivity index (χ3v) is 6.43. The van der Waals surface area contributed by atoms with Gasteiger partial charge in [-0.3, -0.25) is 9.80 Å². The standard InChI is InChI=1S/C29H42N2O3.C3H6.2C2H6/c1-16(2)31(24-18(4)15-22(29(10,11)12)26(33)20(24)6)27(34)30(13)23-17(3)14-21(28(7,8)9)25(32)19(23)5;1-3-2;2*1-2/h14-15,32-33H,1H2,2-13H3;3H,1H2,2H3;2*1-2H3. The number of urea groups is 1. The van der Waals surface area contributed by atoms with Crippen molar-refractivity contribution < 1.29 is 15.0 Å². The number of carbonyl (C=O) groups excluding carboxylic acids is 1. The molecule has 0 aliphatic rings. The number of benzene rings is 2. The summed E-state index contributed by atoms with van der Waals surface area (Å²) in [5.41, 5.74) is 6.10. The molecule has 0 aliphatic heterocycles. The summed E-state index contributed by atoms with van der Waals surface area (Å²) in [6.07, 6.45) is 1.75. The highest BCUT2D eigenvalue weighted by atomic mass is 16.3. The minimum atomic E-state index is -0.310. The molecule has 0 aromatic heterocycles. The fraction of sp³-hybridized carbons (Fsp3) is 0.528. The molecule has 2 aromatic carbocycles. The number of carbonyl (C=O) groups is 1. The fourth-order valence-electron chi connectivity index (χ4n) is 4.63. The van der Waals surface area contributed by atoms with Crippen LogP contribution in [0.3, 0.4) is 0 Å². The average molecular weight is 569 g/mol. The van der Waals surface area contributed by atoms with Crippen molar-refractivity contribution >= 4 is 17.4 Å². The van der Waals surface area contributed by atoms with Gasteiger partial charge < -0.3 is 10.2 Å². The second-order valence-electron chi connectivity index (χ2n) is 11.9. The predicted octanol–water partition coefficient (Wildman–Crippen LogP) is 10.8. The van der Waals surface area contributed by atoms with Crippen LogP contribution < -0.4 is 9.80 Å². The molecule has 0 fully saturated rings. The molecule has 41 heavy (non-hydrogen) atoms. The van der Waals surface area contributed by atoms with E-state index in [2.05, 4.69) is 54.7 Å². The van der Waals surface area contributed by atoms with Crippen LogP contribution in [0, 0.1) is 27.7 Å². The van der Waals surface area contributed by atoms with Gasteiger partial charge in [0.15, 0.2) is 0 Å². The largest absolute Gasteiger partial charge is 0.507 e. The van der Waals surface area contributed by atoms with Gasteiger partial charge in [-0.05, 0) is 86.8 Å². The van der Waals surface area contributed by atoms with Crippen LogP contribution in [-0.2, 0) is 10.8 Å². The molecule has 0 radical (unpaired) electrons. The topological polar surface area (TPSA) is 64.0 Å². The van der Waals surface area contributed by atoms with Crippen molar-refractivity contribution in [1.29, 1.82) is 0 Å². The molecule has 0 spiro atoms. The molecule has 2 N–H and O–H groups in total. The average Bonchev–Trinajstić information content (AvgIpc) is 2.87. The quantitative estimate of drug-likeness (QED) is 0.362. The molecule has 0 saturated heterocycles. The van der Waals surface area contributed by atoms with Crippen LogP contribution in [-0.4, -0.2) is 23.3 Å². The number of hydrogen-bond acceptors (Lipinski definition) is 3. The highest BCUT2D eigenvalue weighted by Crippen LogP contribution is 2.43. The van der Waals surface area contributed by atoms with Crippen molar-refractivity contribution in [1.82, 2.24) is 0 Å². The first-order valence-electron chi connectivity index (χ1n) is 14.7. The number of aromatic hydroxyl groups is 2. The Balaban J connectivity index is 0. The SMILES string of the molecule is C=C(C)N(C(=O)N(C)c1c(C)cc(C(C)(C)C)c(O)c1C)c1c(C)cc(C(C)(C)C)c(O)c1C.C=CC.CC.CC. The van der Waals surface area contributed by atoms with Crippen molar-refractivity contribution in [2.45, 2.75) is 122 Å². The summed E-state index contributed by atoms with van der Waals surface area (Å²) in [6, 6.07) is 3.59. The maximum absolute atomic E-state index is 13.9. The second kappa shape index (κ2) is 16.3. The summed E-state index contributed by atoms with van der Waals surface area (Å²) < 4.78 is 0. The van der Waals surface area contributed by atoms with Gasteiger partial charge in [-0.25, -0.2) is 4.79 Å². The lowest BCUT2D eigenvalue weighted by Crippen LogP contribution is -2.41. The zero-order chi connectivity index (χ0) is 33.2. The fourth-order valence-corrected chi connectivity index (χ4v) is 4.63. The van der Waals surface area contributed by atoms with Crippen molar-refractivity contribution in [3.8, 4) is 11.5 Å². The maximum Gasteiger partial charge on any atom is 0.333 e. The van der Waals surface area contributed by atoms with Crippen LogP contribution in [0.2, 0.25) is 0 Å². The van der Waals surface area contributed by atoms with Gasteiger partial charge in [0.05, 0.1) is 11.4 Å². The van der Waals surface area contributed by atoms with E-state index in [0.29, 0.717) is 28.2 Å². The number of phenolic OH excluding ortho intramolecular Hbond substituents is 2. The van der Waals surface area contributed by atoms with E-state index in [0.717, 1.165) is 22.3 Å². The minimum Gasteiger partial charge on any atom is -0.507 e. The monoisotopic (exact) mass is 568 g/mol. The third kappa shape index (κ3) is 9.41. The Morgan fingerprint density at radius 3 is 1.37 bits per heavy atom. The Labute approximate surface area is 252 Å². The van der Waals surface area contributed by atoms with Crippen LogP contribution in [0.5, 0.6) is 11.5 Å². The van der Waals surface area contributed by atoms with Crippen LogP contribution >= 0.6 is 0 Å². The van der Waals surface area contributed by atoms with Gasteiger partial charge in [0.2, 0.25) is 0 Å². The smallest absolute Gasteiger partial charge is 0.333 e. The molecule has 2 amide bonds. The molecule has 0 saturated carbocycles. The van der Waals surface area contributed by atoms with Gasteiger partial charge in [0, 0.05) is 23.9 Å². The van der Waals surface area contributed by atoms with Gasteiger partial charge in [0.25, 0.3) is 0 Å². The molecule has 2 rings (SSSR count). The summed E-state index contributed by atoms with van der Waals surface area (Å²) >= 11 is 0. The number of hydrogen-bond donors (Lipinski definition) is 2. The molecule has 0 heterocycles. The van der Waals surface area contributed by atoms with Crippen molar-refractivity contribution in [2.24, 2.45) is 0 Å². The zero-order valence-corrected chi connectivity index (χ0v) is 29.3. The van der Waals surface area contributed by atoms with Crippen LogP contribution in [0.15, 0.2) is 37.1 Å². The number of rotatable bonds is 3. The van der Waals surface area contributed by atoms with E-state index >= 15 is 0 Å². The first-order chi connectivity index (χ1) is 18.7. The normalized spacial score (nSPS) is 10.6. The van der Waals surface area contributed by atoms with E-state index in [1.165, 1.54) is 0 Å². The molecule has 0 unspecified atom stereocenters.